The summed E-state index contributed by atoms with van der Waals surface area (Å²) in [7, 11) is 1.59. The van der Waals surface area contributed by atoms with E-state index in [4.69, 9.17) is 21.4 Å². The number of ether oxygens (including phenoxy) is 1. The number of aliphatic carboxylic acids is 1. The van der Waals surface area contributed by atoms with Crippen LogP contribution in [0.15, 0.2) is 23.6 Å². The molecule has 2 rings (SSSR count). The van der Waals surface area contributed by atoms with E-state index < -0.39 is 5.97 Å². The normalized spacial score (nSPS) is 10.3. The Balaban J connectivity index is 2.05. The highest BCUT2D eigenvalue weighted by molar-refractivity contribution is 7.13. The predicted octanol–water partition coefficient (Wildman–Crippen LogP) is 3.04. The molecule has 0 bridgehead atoms. The number of halogens is 1. The van der Waals surface area contributed by atoms with Crippen molar-refractivity contribution in [3.8, 4) is 5.75 Å². The molecule has 1 heterocycles. The van der Waals surface area contributed by atoms with Gasteiger partial charge in [-0.1, -0.05) is 17.7 Å². The molecule has 7 heteroatoms. The predicted molar refractivity (Wildman–Crippen MR) is 78.8 cm³/mol. The summed E-state index contributed by atoms with van der Waals surface area (Å²) in [5.74, 6) is -0.193. The molecule has 0 unspecified atom stereocenters. The standard InChI is InChI=1S/C13H13ClN2O3S/c1-19-11-4-2-3-10(14)9(11)6-15-13-16-8(7-20-13)5-12(17)18/h2-4,7H,5-6H2,1H3,(H,15,16)(H,17,18). The number of carboxylic acids is 1. The van der Waals surface area contributed by atoms with Gasteiger partial charge in [-0.2, -0.15) is 0 Å². The number of nitrogens with one attached hydrogen (secondary N) is 1. The summed E-state index contributed by atoms with van der Waals surface area (Å²) >= 11 is 7.49. The molecular formula is C13H13ClN2O3S. The summed E-state index contributed by atoms with van der Waals surface area (Å²) in [6.07, 6.45) is -0.0758. The number of carboxylic acid groups (broad SMARTS) is 1. The van der Waals surface area contributed by atoms with Gasteiger partial charge in [0.1, 0.15) is 5.75 Å². The van der Waals surface area contributed by atoms with Crippen molar-refractivity contribution in [2.24, 2.45) is 0 Å². The number of hydrogen-bond donors (Lipinski definition) is 2. The average molecular weight is 313 g/mol. The van der Waals surface area contributed by atoms with Gasteiger partial charge in [-0.3, -0.25) is 4.79 Å². The van der Waals surface area contributed by atoms with Gasteiger partial charge in [-0.25, -0.2) is 4.98 Å². The van der Waals surface area contributed by atoms with Gasteiger partial charge in [0.15, 0.2) is 5.13 Å². The zero-order valence-electron chi connectivity index (χ0n) is 10.7. The number of anilines is 1. The van der Waals surface area contributed by atoms with Gasteiger partial charge in [-0.05, 0) is 12.1 Å². The van der Waals surface area contributed by atoms with E-state index in [1.807, 2.05) is 12.1 Å². The molecule has 0 fully saturated rings. The van der Waals surface area contributed by atoms with Crippen molar-refractivity contribution in [3.05, 3.63) is 39.9 Å². The van der Waals surface area contributed by atoms with Crippen LogP contribution in [-0.4, -0.2) is 23.2 Å². The number of aromatic nitrogens is 1. The Hall–Kier alpha value is -1.79. The van der Waals surface area contributed by atoms with Crippen LogP contribution in [0.5, 0.6) is 5.75 Å². The molecule has 0 spiro atoms. The molecular weight excluding hydrogens is 300 g/mol. The maximum atomic E-state index is 10.6. The monoisotopic (exact) mass is 312 g/mol. The smallest absolute Gasteiger partial charge is 0.309 e. The van der Waals surface area contributed by atoms with Crippen LogP contribution in [0.1, 0.15) is 11.3 Å². The molecule has 106 valence electrons. The first kappa shape index (κ1) is 14.6. The third kappa shape index (κ3) is 3.61. The molecule has 0 saturated carbocycles. The summed E-state index contributed by atoms with van der Waals surface area (Å²) in [6.45, 7) is 0.461. The first-order valence-electron chi connectivity index (χ1n) is 5.81. The zero-order chi connectivity index (χ0) is 14.5. The molecule has 0 aliphatic rings. The number of thiazole rings is 1. The summed E-state index contributed by atoms with van der Waals surface area (Å²) in [5, 5.41) is 14.8. The van der Waals surface area contributed by atoms with Gasteiger partial charge in [0.05, 0.1) is 19.2 Å². The van der Waals surface area contributed by atoms with E-state index in [2.05, 4.69) is 10.3 Å². The molecule has 0 saturated heterocycles. The quantitative estimate of drug-likeness (QED) is 0.858. The topological polar surface area (TPSA) is 71.5 Å². The lowest BCUT2D eigenvalue weighted by Crippen LogP contribution is -2.03. The third-order valence-electron chi connectivity index (χ3n) is 2.60. The van der Waals surface area contributed by atoms with Gasteiger partial charge in [-0.15, -0.1) is 11.3 Å². The van der Waals surface area contributed by atoms with Crippen LogP contribution in [0.4, 0.5) is 5.13 Å². The fourth-order valence-corrected chi connectivity index (χ4v) is 2.63. The lowest BCUT2D eigenvalue weighted by atomic mass is 10.2. The minimum absolute atomic E-state index is 0.0758. The Morgan fingerprint density at radius 3 is 3.05 bits per heavy atom. The van der Waals surface area contributed by atoms with Gasteiger partial charge >= 0.3 is 5.97 Å². The minimum atomic E-state index is -0.894. The summed E-state index contributed by atoms with van der Waals surface area (Å²) in [6, 6.07) is 5.44. The lowest BCUT2D eigenvalue weighted by molar-refractivity contribution is -0.136. The SMILES string of the molecule is COc1cccc(Cl)c1CNc1nc(CC(=O)O)cs1. The Bertz CT molecular complexity index is 615. The fraction of sp³-hybridized carbons (Fsp3) is 0.231. The van der Waals surface area contributed by atoms with Crippen LogP contribution in [0, 0.1) is 0 Å². The van der Waals surface area contributed by atoms with Gasteiger partial charge in [0, 0.05) is 22.5 Å². The second-order valence-electron chi connectivity index (χ2n) is 3.99. The van der Waals surface area contributed by atoms with E-state index in [1.54, 1.807) is 18.6 Å². The molecule has 2 aromatic rings. The number of benzene rings is 1. The molecule has 0 aliphatic heterocycles. The lowest BCUT2D eigenvalue weighted by Gasteiger charge is -2.10. The van der Waals surface area contributed by atoms with E-state index in [-0.39, 0.29) is 6.42 Å². The molecule has 5 nitrogen and oxygen atoms in total. The summed E-state index contributed by atoms with van der Waals surface area (Å²) in [5.41, 5.74) is 1.38. The Labute approximate surface area is 125 Å². The molecule has 0 amide bonds. The van der Waals surface area contributed by atoms with Gasteiger partial charge < -0.3 is 15.2 Å². The molecule has 1 aromatic carbocycles. The van der Waals surface area contributed by atoms with Crippen LogP contribution in [0.3, 0.4) is 0 Å². The van der Waals surface area contributed by atoms with Crippen LogP contribution < -0.4 is 10.1 Å². The largest absolute Gasteiger partial charge is 0.496 e. The number of hydrogen-bond acceptors (Lipinski definition) is 5. The van der Waals surface area contributed by atoms with E-state index in [9.17, 15) is 4.79 Å². The van der Waals surface area contributed by atoms with Crippen LogP contribution in [0.2, 0.25) is 5.02 Å². The number of nitrogens with zero attached hydrogens (tertiary/aromatic N) is 1. The number of methoxy groups -OCH3 is 1. The summed E-state index contributed by atoms with van der Waals surface area (Å²) in [4.78, 5) is 14.8. The van der Waals surface area contributed by atoms with Crippen LogP contribution in [-0.2, 0) is 17.8 Å². The second kappa shape index (κ2) is 6.58. The highest BCUT2D eigenvalue weighted by Crippen LogP contribution is 2.27. The molecule has 0 aliphatic carbocycles. The average Bonchev–Trinajstić information content (AvgIpc) is 2.83. The highest BCUT2D eigenvalue weighted by atomic mass is 35.5. The zero-order valence-corrected chi connectivity index (χ0v) is 12.3. The Morgan fingerprint density at radius 2 is 2.35 bits per heavy atom. The van der Waals surface area contributed by atoms with Crippen molar-refractivity contribution < 1.29 is 14.6 Å². The first-order chi connectivity index (χ1) is 9.60. The van der Waals surface area contributed by atoms with Crippen molar-refractivity contribution >= 4 is 34.0 Å². The first-order valence-corrected chi connectivity index (χ1v) is 7.07. The van der Waals surface area contributed by atoms with Crippen LogP contribution >= 0.6 is 22.9 Å². The number of carbonyl (C=O) groups is 1. The number of rotatable bonds is 6. The minimum Gasteiger partial charge on any atom is -0.496 e. The van der Waals surface area contributed by atoms with E-state index in [1.165, 1.54) is 11.3 Å². The fourth-order valence-electron chi connectivity index (χ4n) is 1.69. The van der Waals surface area contributed by atoms with Crippen molar-refractivity contribution in [2.45, 2.75) is 13.0 Å². The van der Waals surface area contributed by atoms with Gasteiger partial charge in [0.2, 0.25) is 0 Å². The van der Waals surface area contributed by atoms with E-state index in [0.29, 0.717) is 28.1 Å². The van der Waals surface area contributed by atoms with Crippen molar-refractivity contribution in [1.82, 2.24) is 4.98 Å². The van der Waals surface area contributed by atoms with Crippen molar-refractivity contribution in [2.75, 3.05) is 12.4 Å². The van der Waals surface area contributed by atoms with Crippen LogP contribution in [0.25, 0.3) is 0 Å². The van der Waals surface area contributed by atoms with E-state index in [0.717, 1.165) is 5.56 Å². The van der Waals surface area contributed by atoms with E-state index >= 15 is 0 Å². The molecule has 20 heavy (non-hydrogen) atoms. The maximum Gasteiger partial charge on any atom is 0.309 e. The third-order valence-corrected chi connectivity index (χ3v) is 3.80. The Kier molecular flexibility index (Phi) is 4.81. The second-order valence-corrected chi connectivity index (χ2v) is 5.25. The Morgan fingerprint density at radius 1 is 1.55 bits per heavy atom. The molecule has 1 aromatic heterocycles. The molecule has 2 N–H and O–H groups in total. The molecule has 0 radical (unpaired) electrons. The van der Waals surface area contributed by atoms with Crippen molar-refractivity contribution in [1.29, 1.82) is 0 Å². The maximum absolute atomic E-state index is 10.6. The highest BCUT2D eigenvalue weighted by Gasteiger charge is 2.09. The van der Waals surface area contributed by atoms with Crippen molar-refractivity contribution in [3.63, 3.8) is 0 Å². The molecule has 0 atom stereocenters. The summed E-state index contributed by atoms with van der Waals surface area (Å²) < 4.78 is 5.25. The van der Waals surface area contributed by atoms with Gasteiger partial charge in [0.25, 0.3) is 0 Å².